The lowest BCUT2D eigenvalue weighted by Gasteiger charge is -1.97. The van der Waals surface area contributed by atoms with Gasteiger partial charge in [-0.1, -0.05) is 6.07 Å². The van der Waals surface area contributed by atoms with Gasteiger partial charge in [0, 0.05) is 9.75 Å². The van der Waals surface area contributed by atoms with Crippen molar-refractivity contribution in [1.82, 2.24) is 4.98 Å². The lowest BCUT2D eigenvalue weighted by Crippen LogP contribution is -1.97. The summed E-state index contributed by atoms with van der Waals surface area (Å²) in [5.41, 5.74) is 7.89. The van der Waals surface area contributed by atoms with Gasteiger partial charge < -0.3 is 15.5 Å². The van der Waals surface area contributed by atoms with Crippen molar-refractivity contribution >= 4 is 34.1 Å². The van der Waals surface area contributed by atoms with Crippen LogP contribution in [-0.4, -0.2) is 4.98 Å². The number of benzene rings is 1. The van der Waals surface area contributed by atoms with Gasteiger partial charge in [-0.25, -0.2) is 0 Å². The van der Waals surface area contributed by atoms with Crippen LogP contribution in [0.4, 0.5) is 11.7 Å². The molecule has 92 valence electrons. The van der Waals surface area contributed by atoms with Gasteiger partial charge in [-0.3, -0.25) is 0 Å². The highest BCUT2D eigenvalue weighted by Gasteiger charge is 2.07. The molecular formula is C13H13N3OS. The van der Waals surface area contributed by atoms with Crippen molar-refractivity contribution in [3.63, 3.8) is 0 Å². The van der Waals surface area contributed by atoms with Crippen molar-refractivity contribution in [2.24, 2.45) is 0 Å². The summed E-state index contributed by atoms with van der Waals surface area (Å²) in [6, 6.07) is 10.2. The van der Waals surface area contributed by atoms with E-state index in [4.69, 9.17) is 10.2 Å². The van der Waals surface area contributed by atoms with Crippen molar-refractivity contribution in [3.8, 4) is 0 Å². The molecule has 0 saturated carbocycles. The Morgan fingerprint density at radius 3 is 2.94 bits per heavy atom. The van der Waals surface area contributed by atoms with Crippen LogP contribution in [0.2, 0.25) is 0 Å². The van der Waals surface area contributed by atoms with Crippen LogP contribution in [0.15, 0.2) is 34.7 Å². The summed E-state index contributed by atoms with van der Waals surface area (Å²) in [6.45, 7) is 2.81. The molecule has 0 saturated heterocycles. The number of nitrogen functional groups attached to an aromatic ring is 1. The fourth-order valence-electron chi connectivity index (χ4n) is 1.79. The number of aryl methyl sites for hydroxylation is 1. The molecule has 0 amide bonds. The summed E-state index contributed by atoms with van der Waals surface area (Å²) in [4.78, 5) is 6.89. The number of oxazole rings is 1. The highest BCUT2D eigenvalue weighted by atomic mass is 32.1. The summed E-state index contributed by atoms with van der Waals surface area (Å²) in [5, 5.41) is 3.17. The summed E-state index contributed by atoms with van der Waals surface area (Å²) >= 11 is 1.76. The number of fused-ring (bicyclic) bond motifs is 1. The monoisotopic (exact) mass is 259 g/mol. The number of hydrogen-bond donors (Lipinski definition) is 2. The fourth-order valence-corrected chi connectivity index (χ4v) is 2.62. The standard InChI is InChI=1S/C13H13N3OS/c1-8-5-6-9(18-8)7-15-13-16-12-10(14)3-2-4-11(12)17-13/h2-6H,7,14H2,1H3,(H,15,16). The minimum absolute atomic E-state index is 0.508. The number of thiophene rings is 1. The van der Waals surface area contributed by atoms with E-state index in [0.717, 1.165) is 0 Å². The Kier molecular flexibility index (Phi) is 2.68. The molecule has 0 aliphatic rings. The van der Waals surface area contributed by atoms with Gasteiger partial charge >= 0.3 is 0 Å². The molecule has 5 heteroatoms. The topological polar surface area (TPSA) is 64.1 Å². The Hall–Kier alpha value is -2.01. The molecule has 3 aromatic rings. The molecule has 0 atom stereocenters. The molecule has 2 aromatic heterocycles. The molecule has 0 spiro atoms. The highest BCUT2D eigenvalue weighted by molar-refractivity contribution is 7.11. The zero-order valence-corrected chi connectivity index (χ0v) is 10.8. The van der Waals surface area contributed by atoms with Crippen LogP contribution < -0.4 is 11.1 Å². The van der Waals surface area contributed by atoms with Crippen LogP contribution in [0.25, 0.3) is 11.1 Å². The first-order valence-corrected chi connectivity index (χ1v) is 6.48. The predicted octanol–water partition coefficient (Wildman–Crippen LogP) is 3.39. The van der Waals surface area contributed by atoms with E-state index in [9.17, 15) is 0 Å². The van der Waals surface area contributed by atoms with E-state index >= 15 is 0 Å². The van der Waals surface area contributed by atoms with Gasteiger partial charge in [0.2, 0.25) is 0 Å². The number of nitrogens with two attached hydrogens (primary N) is 1. The molecule has 18 heavy (non-hydrogen) atoms. The second-order valence-electron chi connectivity index (χ2n) is 4.08. The fraction of sp³-hybridized carbons (Fsp3) is 0.154. The average Bonchev–Trinajstić information content (AvgIpc) is 2.93. The Labute approximate surface area is 108 Å². The van der Waals surface area contributed by atoms with Crippen molar-refractivity contribution in [3.05, 3.63) is 40.1 Å². The molecule has 3 rings (SSSR count). The first-order chi connectivity index (χ1) is 8.72. The van der Waals surface area contributed by atoms with E-state index in [-0.39, 0.29) is 0 Å². The van der Waals surface area contributed by atoms with E-state index in [2.05, 4.69) is 29.4 Å². The summed E-state index contributed by atoms with van der Waals surface area (Å²) in [6.07, 6.45) is 0. The quantitative estimate of drug-likeness (QED) is 0.708. The van der Waals surface area contributed by atoms with Gasteiger partial charge in [-0.2, -0.15) is 4.98 Å². The summed E-state index contributed by atoms with van der Waals surface area (Å²) in [7, 11) is 0. The van der Waals surface area contributed by atoms with Gasteiger partial charge in [0.25, 0.3) is 6.01 Å². The van der Waals surface area contributed by atoms with E-state index in [1.165, 1.54) is 9.75 Å². The van der Waals surface area contributed by atoms with Crippen molar-refractivity contribution < 1.29 is 4.42 Å². The molecule has 2 heterocycles. The molecule has 0 aliphatic carbocycles. The van der Waals surface area contributed by atoms with Crippen LogP contribution in [0.5, 0.6) is 0 Å². The van der Waals surface area contributed by atoms with Gasteiger partial charge in [0.1, 0.15) is 5.52 Å². The first kappa shape index (κ1) is 11.1. The molecular weight excluding hydrogens is 246 g/mol. The largest absolute Gasteiger partial charge is 0.423 e. The minimum Gasteiger partial charge on any atom is -0.423 e. The molecule has 0 aliphatic heterocycles. The second kappa shape index (κ2) is 4.34. The third-order valence-corrected chi connectivity index (χ3v) is 3.66. The summed E-state index contributed by atoms with van der Waals surface area (Å²) in [5.74, 6) is 0. The third kappa shape index (κ3) is 2.04. The van der Waals surface area contributed by atoms with Crippen LogP contribution in [0.1, 0.15) is 9.75 Å². The van der Waals surface area contributed by atoms with Gasteiger partial charge in [-0.05, 0) is 31.2 Å². The maximum Gasteiger partial charge on any atom is 0.296 e. The van der Waals surface area contributed by atoms with E-state index in [1.807, 2.05) is 18.2 Å². The predicted molar refractivity (Wildman–Crippen MR) is 74.8 cm³/mol. The third-order valence-electron chi connectivity index (χ3n) is 2.66. The van der Waals surface area contributed by atoms with Gasteiger partial charge in [-0.15, -0.1) is 11.3 Å². The Morgan fingerprint density at radius 2 is 2.22 bits per heavy atom. The number of para-hydroxylation sites is 1. The number of rotatable bonds is 3. The molecule has 1 aromatic carbocycles. The number of hydrogen-bond acceptors (Lipinski definition) is 5. The van der Waals surface area contributed by atoms with Gasteiger partial charge in [0.15, 0.2) is 5.58 Å². The normalized spacial score (nSPS) is 10.9. The van der Waals surface area contributed by atoms with Crippen LogP contribution in [-0.2, 0) is 6.54 Å². The number of anilines is 2. The van der Waals surface area contributed by atoms with Crippen molar-refractivity contribution in [1.29, 1.82) is 0 Å². The lowest BCUT2D eigenvalue weighted by atomic mass is 10.3. The minimum atomic E-state index is 0.508. The van der Waals surface area contributed by atoms with Crippen LogP contribution in [0, 0.1) is 6.92 Å². The number of aromatic nitrogens is 1. The highest BCUT2D eigenvalue weighted by Crippen LogP contribution is 2.24. The number of nitrogens with zero attached hydrogens (tertiary/aromatic N) is 1. The maximum absolute atomic E-state index is 5.83. The number of nitrogens with one attached hydrogen (secondary N) is 1. The SMILES string of the molecule is Cc1ccc(CNc2nc3c(N)cccc3o2)s1. The van der Waals surface area contributed by atoms with Crippen molar-refractivity contribution in [2.45, 2.75) is 13.5 Å². The van der Waals surface area contributed by atoms with E-state index in [0.29, 0.717) is 29.3 Å². The van der Waals surface area contributed by atoms with E-state index in [1.54, 1.807) is 11.3 Å². The summed E-state index contributed by atoms with van der Waals surface area (Å²) < 4.78 is 5.58. The Bertz CT molecular complexity index is 686. The Balaban J connectivity index is 1.81. The molecule has 0 bridgehead atoms. The second-order valence-corrected chi connectivity index (χ2v) is 5.45. The average molecular weight is 259 g/mol. The van der Waals surface area contributed by atoms with Crippen molar-refractivity contribution in [2.75, 3.05) is 11.1 Å². The molecule has 4 nitrogen and oxygen atoms in total. The zero-order chi connectivity index (χ0) is 12.5. The smallest absolute Gasteiger partial charge is 0.296 e. The van der Waals surface area contributed by atoms with Gasteiger partial charge in [0.05, 0.1) is 12.2 Å². The molecule has 0 fully saturated rings. The van der Waals surface area contributed by atoms with Crippen LogP contribution >= 0.6 is 11.3 Å². The zero-order valence-electron chi connectivity index (χ0n) is 9.93. The Morgan fingerprint density at radius 1 is 1.33 bits per heavy atom. The van der Waals surface area contributed by atoms with Crippen LogP contribution in [0.3, 0.4) is 0 Å². The maximum atomic E-state index is 5.83. The molecule has 3 N–H and O–H groups in total. The lowest BCUT2D eigenvalue weighted by molar-refractivity contribution is 0.615. The van der Waals surface area contributed by atoms with E-state index < -0.39 is 0 Å². The first-order valence-electron chi connectivity index (χ1n) is 5.66. The molecule has 0 unspecified atom stereocenters. The molecule has 0 radical (unpaired) electrons.